The van der Waals surface area contributed by atoms with E-state index in [9.17, 15) is 4.79 Å². The molecule has 3 aromatic rings. The molecule has 0 unspecified atom stereocenters. The summed E-state index contributed by atoms with van der Waals surface area (Å²) in [4.78, 5) is 24.5. The molecule has 180 valence electrons. The van der Waals surface area contributed by atoms with E-state index >= 15 is 0 Å². The van der Waals surface area contributed by atoms with Crippen molar-refractivity contribution in [3.8, 4) is 22.9 Å². The molecule has 0 atom stereocenters. The monoisotopic (exact) mass is 481 g/mol. The summed E-state index contributed by atoms with van der Waals surface area (Å²) >= 11 is 6.22. The maximum absolute atomic E-state index is 12.7. The molecule has 1 fully saturated rings. The van der Waals surface area contributed by atoms with Gasteiger partial charge in [-0.3, -0.25) is 14.7 Å². The van der Waals surface area contributed by atoms with Gasteiger partial charge >= 0.3 is 0 Å². The van der Waals surface area contributed by atoms with E-state index in [4.69, 9.17) is 21.3 Å². The standard InChI is InChI=1S/C26H32ClN5O2/c1-26(2,3)16-22(33)18-32-25(20-5-4-6-21(27)15-20)29-24(30-32)23-8-7-19(17-28-23)9-10-31-11-13-34-14-12-31/h4-8,15,17H,9-14,16,18H2,1-3H3. The number of morpholine rings is 1. The van der Waals surface area contributed by atoms with Crippen molar-refractivity contribution in [1.82, 2.24) is 24.6 Å². The Morgan fingerprint density at radius 3 is 2.62 bits per heavy atom. The molecule has 0 N–H and O–H groups in total. The normalized spacial score (nSPS) is 14.9. The molecular formula is C26H32ClN5O2. The maximum atomic E-state index is 12.7. The van der Waals surface area contributed by atoms with Crippen molar-refractivity contribution in [3.63, 3.8) is 0 Å². The predicted molar refractivity (Wildman–Crippen MR) is 134 cm³/mol. The lowest BCUT2D eigenvalue weighted by Gasteiger charge is -2.26. The van der Waals surface area contributed by atoms with Crippen LogP contribution in [-0.2, 0) is 22.5 Å². The fourth-order valence-electron chi connectivity index (χ4n) is 4.03. The molecule has 0 radical (unpaired) electrons. The quantitative estimate of drug-likeness (QED) is 0.470. The van der Waals surface area contributed by atoms with Gasteiger partial charge in [-0.05, 0) is 35.6 Å². The molecule has 0 spiro atoms. The van der Waals surface area contributed by atoms with E-state index in [0.29, 0.717) is 28.8 Å². The summed E-state index contributed by atoms with van der Waals surface area (Å²) in [5, 5.41) is 5.27. The van der Waals surface area contributed by atoms with Crippen molar-refractivity contribution in [2.24, 2.45) is 5.41 Å². The molecule has 2 aromatic heterocycles. The first-order valence-electron chi connectivity index (χ1n) is 11.7. The molecule has 0 amide bonds. The van der Waals surface area contributed by atoms with Crippen molar-refractivity contribution >= 4 is 17.4 Å². The molecule has 0 bridgehead atoms. The van der Waals surface area contributed by atoms with Gasteiger partial charge in [-0.2, -0.15) is 0 Å². The number of carbonyl (C=O) groups excluding carboxylic acids is 1. The van der Waals surface area contributed by atoms with Crippen LogP contribution in [-0.4, -0.2) is 63.3 Å². The fourth-order valence-corrected chi connectivity index (χ4v) is 4.22. The second-order valence-corrected chi connectivity index (χ2v) is 10.4. The predicted octanol–water partition coefficient (Wildman–Crippen LogP) is 4.54. The van der Waals surface area contributed by atoms with Gasteiger partial charge in [0.15, 0.2) is 17.4 Å². The van der Waals surface area contributed by atoms with Crippen LogP contribution in [0, 0.1) is 5.41 Å². The third-order valence-corrected chi connectivity index (χ3v) is 5.92. The molecule has 7 nitrogen and oxygen atoms in total. The van der Waals surface area contributed by atoms with E-state index in [1.165, 1.54) is 5.56 Å². The smallest absolute Gasteiger partial charge is 0.200 e. The zero-order valence-corrected chi connectivity index (χ0v) is 20.9. The van der Waals surface area contributed by atoms with E-state index < -0.39 is 0 Å². The topological polar surface area (TPSA) is 73.1 Å². The average Bonchev–Trinajstić information content (AvgIpc) is 3.21. The first kappa shape index (κ1) is 24.5. The highest BCUT2D eigenvalue weighted by molar-refractivity contribution is 6.30. The van der Waals surface area contributed by atoms with Crippen LogP contribution in [0.4, 0.5) is 0 Å². The Balaban J connectivity index is 1.54. The summed E-state index contributed by atoms with van der Waals surface area (Å²) in [6.07, 6.45) is 3.29. The highest BCUT2D eigenvalue weighted by atomic mass is 35.5. The molecule has 0 aliphatic carbocycles. The number of rotatable bonds is 8. The van der Waals surface area contributed by atoms with E-state index in [-0.39, 0.29) is 17.7 Å². The molecule has 0 saturated carbocycles. The van der Waals surface area contributed by atoms with Crippen molar-refractivity contribution in [1.29, 1.82) is 0 Å². The minimum atomic E-state index is -0.0880. The lowest BCUT2D eigenvalue weighted by molar-refractivity contribution is -0.121. The van der Waals surface area contributed by atoms with Gasteiger partial charge in [-0.15, -0.1) is 5.10 Å². The van der Waals surface area contributed by atoms with Crippen LogP contribution in [0.5, 0.6) is 0 Å². The number of aromatic nitrogens is 4. The van der Waals surface area contributed by atoms with E-state index in [2.05, 4.69) is 41.8 Å². The van der Waals surface area contributed by atoms with E-state index in [0.717, 1.165) is 44.8 Å². The van der Waals surface area contributed by atoms with Gasteiger partial charge < -0.3 is 4.74 Å². The first-order chi connectivity index (χ1) is 16.3. The van der Waals surface area contributed by atoms with Crippen molar-refractivity contribution < 1.29 is 9.53 Å². The second kappa shape index (κ2) is 10.8. The van der Waals surface area contributed by atoms with Crippen LogP contribution in [0.3, 0.4) is 0 Å². The van der Waals surface area contributed by atoms with Gasteiger partial charge in [-0.1, -0.05) is 50.6 Å². The fraction of sp³-hybridized carbons (Fsp3) is 0.462. The molecule has 1 aliphatic rings. The van der Waals surface area contributed by atoms with Crippen LogP contribution >= 0.6 is 11.6 Å². The summed E-state index contributed by atoms with van der Waals surface area (Å²) in [6.45, 7) is 10.9. The summed E-state index contributed by atoms with van der Waals surface area (Å²) in [7, 11) is 0. The van der Waals surface area contributed by atoms with Gasteiger partial charge in [0.1, 0.15) is 12.2 Å². The van der Waals surface area contributed by atoms with Gasteiger partial charge in [0, 0.05) is 42.8 Å². The lowest BCUT2D eigenvalue weighted by atomic mass is 9.90. The largest absolute Gasteiger partial charge is 0.379 e. The van der Waals surface area contributed by atoms with Gasteiger partial charge in [0.25, 0.3) is 0 Å². The minimum absolute atomic E-state index is 0.0880. The number of carbonyl (C=O) groups is 1. The number of ether oxygens (including phenoxy) is 1. The highest BCUT2D eigenvalue weighted by Gasteiger charge is 2.20. The van der Waals surface area contributed by atoms with E-state index in [1.54, 1.807) is 4.68 Å². The summed E-state index contributed by atoms with van der Waals surface area (Å²) in [6, 6.07) is 11.5. The number of Topliss-reactive ketones (excluding diaryl/α,β-unsaturated/α-hetero) is 1. The number of ketones is 1. The lowest BCUT2D eigenvalue weighted by Crippen LogP contribution is -2.37. The summed E-state index contributed by atoms with van der Waals surface area (Å²) < 4.78 is 7.09. The molecule has 3 heterocycles. The summed E-state index contributed by atoms with van der Waals surface area (Å²) in [5.74, 6) is 1.22. The first-order valence-corrected chi connectivity index (χ1v) is 12.1. The Kier molecular flexibility index (Phi) is 7.76. The number of halogens is 1. The average molecular weight is 482 g/mol. The number of benzene rings is 1. The number of hydrogen-bond donors (Lipinski definition) is 0. The Hall–Kier alpha value is -2.61. The Bertz CT molecular complexity index is 1110. The van der Waals surface area contributed by atoms with Crippen LogP contribution in [0.1, 0.15) is 32.8 Å². The zero-order valence-electron chi connectivity index (χ0n) is 20.1. The molecule has 1 aliphatic heterocycles. The zero-order chi connectivity index (χ0) is 24.1. The summed E-state index contributed by atoms with van der Waals surface area (Å²) in [5.41, 5.74) is 2.58. The van der Waals surface area contributed by atoms with Crippen molar-refractivity contribution in [3.05, 3.63) is 53.2 Å². The number of pyridine rings is 1. The highest BCUT2D eigenvalue weighted by Crippen LogP contribution is 2.25. The van der Waals surface area contributed by atoms with Crippen LogP contribution in [0.2, 0.25) is 5.02 Å². The van der Waals surface area contributed by atoms with Gasteiger partial charge in [0.2, 0.25) is 0 Å². The molecule has 34 heavy (non-hydrogen) atoms. The third-order valence-electron chi connectivity index (χ3n) is 5.68. The van der Waals surface area contributed by atoms with Crippen LogP contribution in [0.25, 0.3) is 22.9 Å². The Labute approximate surface area is 206 Å². The van der Waals surface area contributed by atoms with Gasteiger partial charge in [0.05, 0.1) is 13.2 Å². The van der Waals surface area contributed by atoms with Crippen LogP contribution < -0.4 is 0 Å². The van der Waals surface area contributed by atoms with Gasteiger partial charge in [-0.25, -0.2) is 9.67 Å². The number of hydrogen-bond acceptors (Lipinski definition) is 6. The van der Waals surface area contributed by atoms with Crippen LogP contribution in [0.15, 0.2) is 42.6 Å². The Morgan fingerprint density at radius 2 is 1.94 bits per heavy atom. The van der Waals surface area contributed by atoms with Crippen molar-refractivity contribution in [2.45, 2.75) is 40.2 Å². The molecular weight excluding hydrogens is 450 g/mol. The SMILES string of the molecule is CC(C)(C)CC(=O)Cn1nc(-c2ccc(CCN3CCOCC3)cn2)nc1-c1cccc(Cl)c1. The second-order valence-electron chi connectivity index (χ2n) is 9.96. The molecule has 8 heteroatoms. The maximum Gasteiger partial charge on any atom is 0.200 e. The molecule has 4 rings (SSSR count). The molecule has 1 saturated heterocycles. The molecule has 1 aromatic carbocycles. The third kappa shape index (κ3) is 6.72. The van der Waals surface area contributed by atoms with E-state index in [1.807, 2.05) is 36.5 Å². The minimum Gasteiger partial charge on any atom is -0.379 e. The number of nitrogens with zero attached hydrogens (tertiary/aromatic N) is 5. The van der Waals surface area contributed by atoms with Crippen molar-refractivity contribution in [2.75, 3.05) is 32.8 Å². The Morgan fingerprint density at radius 1 is 1.15 bits per heavy atom.